The Bertz CT molecular complexity index is 1230. The summed E-state index contributed by atoms with van der Waals surface area (Å²) in [5.41, 5.74) is 4.29. The average molecular weight is 439 g/mol. The molecule has 1 saturated heterocycles. The number of carbonyl (C=O) groups excluding carboxylic acids is 1. The summed E-state index contributed by atoms with van der Waals surface area (Å²) >= 11 is 0. The quantitative estimate of drug-likeness (QED) is 0.494. The lowest BCUT2D eigenvalue weighted by Gasteiger charge is -2.33. The second-order valence-electron chi connectivity index (χ2n) is 8.24. The van der Waals surface area contributed by atoms with Crippen molar-refractivity contribution >= 4 is 16.8 Å². The van der Waals surface area contributed by atoms with Crippen molar-refractivity contribution in [2.45, 2.75) is 12.6 Å². The number of para-hydroxylation sites is 1. The zero-order valence-electron chi connectivity index (χ0n) is 18.4. The lowest BCUT2D eigenvalue weighted by atomic mass is 10.0. The molecular formula is C27H26N4O2. The summed E-state index contributed by atoms with van der Waals surface area (Å²) in [5.74, 6) is -0.123. The molecule has 2 aromatic heterocycles. The zero-order chi connectivity index (χ0) is 22.5. The van der Waals surface area contributed by atoms with Gasteiger partial charge in [-0.05, 0) is 29.8 Å². The predicted molar refractivity (Wildman–Crippen MR) is 129 cm³/mol. The maximum atomic E-state index is 13.2. The molecule has 3 heterocycles. The van der Waals surface area contributed by atoms with Gasteiger partial charge in [0, 0.05) is 49.5 Å². The van der Waals surface area contributed by atoms with Crippen LogP contribution in [0, 0.1) is 0 Å². The van der Waals surface area contributed by atoms with Crippen molar-refractivity contribution < 1.29 is 9.53 Å². The molecule has 6 nitrogen and oxygen atoms in total. The van der Waals surface area contributed by atoms with Crippen molar-refractivity contribution in [3.05, 3.63) is 96.3 Å². The van der Waals surface area contributed by atoms with Crippen LogP contribution in [0.1, 0.15) is 15.9 Å². The van der Waals surface area contributed by atoms with Gasteiger partial charge in [-0.15, -0.1) is 0 Å². The summed E-state index contributed by atoms with van der Waals surface area (Å²) in [4.78, 5) is 24.5. The maximum Gasteiger partial charge on any atom is 0.252 e. The lowest BCUT2D eigenvalue weighted by Crippen LogP contribution is -2.47. The van der Waals surface area contributed by atoms with Crippen LogP contribution in [0.25, 0.3) is 22.2 Å². The number of amides is 1. The zero-order valence-corrected chi connectivity index (χ0v) is 18.4. The van der Waals surface area contributed by atoms with Gasteiger partial charge in [0.05, 0.1) is 29.5 Å². The first-order valence-electron chi connectivity index (χ1n) is 11.2. The molecule has 0 saturated carbocycles. The fourth-order valence-electron chi connectivity index (χ4n) is 4.22. The number of hydrogen-bond donors (Lipinski definition) is 1. The number of nitrogens with zero attached hydrogens (tertiary/aromatic N) is 3. The second-order valence-corrected chi connectivity index (χ2v) is 8.24. The monoisotopic (exact) mass is 438 g/mol. The number of hydrogen-bond acceptors (Lipinski definition) is 5. The van der Waals surface area contributed by atoms with E-state index in [1.165, 1.54) is 5.56 Å². The first-order chi connectivity index (χ1) is 16.3. The molecule has 1 amide bonds. The van der Waals surface area contributed by atoms with Gasteiger partial charge in [0.1, 0.15) is 0 Å². The van der Waals surface area contributed by atoms with Crippen LogP contribution in [0.2, 0.25) is 0 Å². The van der Waals surface area contributed by atoms with Crippen molar-refractivity contribution in [3.8, 4) is 11.3 Å². The van der Waals surface area contributed by atoms with E-state index in [1.807, 2.05) is 48.5 Å². The predicted octanol–water partition coefficient (Wildman–Crippen LogP) is 3.93. The minimum Gasteiger partial charge on any atom is -0.374 e. The Balaban J connectivity index is 1.30. The molecule has 5 rings (SSSR count). The molecule has 1 fully saturated rings. The van der Waals surface area contributed by atoms with Crippen LogP contribution >= 0.6 is 0 Å². The van der Waals surface area contributed by atoms with Crippen molar-refractivity contribution in [2.24, 2.45) is 0 Å². The molecule has 4 aromatic rings. The third kappa shape index (κ3) is 5.08. The Morgan fingerprint density at radius 3 is 2.76 bits per heavy atom. The molecule has 33 heavy (non-hydrogen) atoms. The number of pyridine rings is 2. The smallest absolute Gasteiger partial charge is 0.252 e. The number of aromatic nitrogens is 2. The van der Waals surface area contributed by atoms with Crippen LogP contribution < -0.4 is 5.32 Å². The number of benzene rings is 2. The van der Waals surface area contributed by atoms with Gasteiger partial charge in [-0.1, -0.05) is 48.5 Å². The number of fused-ring (bicyclic) bond motifs is 1. The number of nitrogens with one attached hydrogen (secondary N) is 1. The van der Waals surface area contributed by atoms with E-state index in [0.717, 1.165) is 41.8 Å². The molecule has 1 unspecified atom stereocenters. The Labute approximate surface area is 193 Å². The number of carbonyl (C=O) groups is 1. The maximum absolute atomic E-state index is 13.2. The minimum absolute atomic E-state index is 0.0442. The van der Waals surface area contributed by atoms with Crippen LogP contribution in [-0.4, -0.2) is 53.1 Å². The van der Waals surface area contributed by atoms with Crippen molar-refractivity contribution in [3.63, 3.8) is 0 Å². The summed E-state index contributed by atoms with van der Waals surface area (Å²) in [5, 5.41) is 3.92. The molecule has 0 radical (unpaired) electrons. The molecule has 6 heteroatoms. The first kappa shape index (κ1) is 21.2. The highest BCUT2D eigenvalue weighted by Gasteiger charge is 2.22. The van der Waals surface area contributed by atoms with Gasteiger partial charge >= 0.3 is 0 Å². The van der Waals surface area contributed by atoms with Gasteiger partial charge in [0.15, 0.2) is 0 Å². The summed E-state index contributed by atoms with van der Waals surface area (Å²) < 4.78 is 5.94. The largest absolute Gasteiger partial charge is 0.374 e. The van der Waals surface area contributed by atoms with Gasteiger partial charge in [-0.25, -0.2) is 4.98 Å². The van der Waals surface area contributed by atoms with Gasteiger partial charge in [-0.3, -0.25) is 14.7 Å². The average Bonchev–Trinajstić information content (AvgIpc) is 2.88. The lowest BCUT2D eigenvalue weighted by molar-refractivity contribution is -0.0292. The van der Waals surface area contributed by atoms with Gasteiger partial charge in [-0.2, -0.15) is 0 Å². The van der Waals surface area contributed by atoms with Crippen molar-refractivity contribution in [1.29, 1.82) is 0 Å². The second kappa shape index (κ2) is 9.90. The van der Waals surface area contributed by atoms with Crippen molar-refractivity contribution in [1.82, 2.24) is 20.2 Å². The van der Waals surface area contributed by atoms with E-state index in [4.69, 9.17) is 9.72 Å². The topological polar surface area (TPSA) is 67.4 Å². The fraction of sp³-hybridized carbons (Fsp3) is 0.222. The minimum atomic E-state index is -0.123. The standard InChI is InChI=1S/C27H26N4O2/c32-27(29-17-22-19-31(13-14-33-22)18-20-7-2-1-3-8-20)24-15-26(21-9-6-12-28-16-21)30-25-11-5-4-10-23(24)25/h1-12,15-16,22H,13-14,17-19H2,(H,29,32). The third-order valence-corrected chi connectivity index (χ3v) is 5.88. The summed E-state index contributed by atoms with van der Waals surface area (Å²) in [7, 11) is 0. The highest BCUT2D eigenvalue weighted by Crippen LogP contribution is 2.24. The van der Waals surface area contributed by atoms with E-state index in [2.05, 4.69) is 39.5 Å². The highest BCUT2D eigenvalue weighted by atomic mass is 16.5. The van der Waals surface area contributed by atoms with Gasteiger partial charge in [0.25, 0.3) is 5.91 Å². The SMILES string of the molecule is O=C(NCC1CN(Cc2ccccc2)CCO1)c1cc(-c2cccnc2)nc2ccccc12. The molecule has 1 aliphatic heterocycles. The summed E-state index contributed by atoms with van der Waals surface area (Å²) in [6.45, 7) is 3.69. The Morgan fingerprint density at radius 1 is 1.06 bits per heavy atom. The van der Waals surface area contributed by atoms with E-state index in [-0.39, 0.29) is 12.0 Å². The molecular weight excluding hydrogens is 412 g/mol. The van der Waals surface area contributed by atoms with E-state index in [1.54, 1.807) is 12.4 Å². The van der Waals surface area contributed by atoms with E-state index < -0.39 is 0 Å². The van der Waals surface area contributed by atoms with E-state index >= 15 is 0 Å². The van der Waals surface area contributed by atoms with Crippen LogP contribution in [0.5, 0.6) is 0 Å². The first-order valence-corrected chi connectivity index (χ1v) is 11.2. The molecule has 1 aliphatic rings. The molecule has 1 N–H and O–H groups in total. The van der Waals surface area contributed by atoms with Crippen LogP contribution in [0.15, 0.2) is 85.2 Å². The molecule has 2 aromatic carbocycles. The Kier molecular flexibility index (Phi) is 6.37. The molecule has 0 spiro atoms. The van der Waals surface area contributed by atoms with Gasteiger partial charge in [0.2, 0.25) is 0 Å². The molecule has 1 atom stereocenters. The van der Waals surface area contributed by atoms with Crippen LogP contribution in [-0.2, 0) is 11.3 Å². The molecule has 0 aliphatic carbocycles. The number of morpholine rings is 1. The van der Waals surface area contributed by atoms with Crippen molar-refractivity contribution in [2.75, 3.05) is 26.2 Å². The third-order valence-electron chi connectivity index (χ3n) is 5.88. The van der Waals surface area contributed by atoms with Crippen LogP contribution in [0.3, 0.4) is 0 Å². The van der Waals surface area contributed by atoms with Gasteiger partial charge < -0.3 is 10.1 Å². The van der Waals surface area contributed by atoms with Crippen LogP contribution in [0.4, 0.5) is 0 Å². The normalized spacial score (nSPS) is 16.5. The molecule has 0 bridgehead atoms. The number of rotatable bonds is 6. The Hall–Kier alpha value is -3.61. The molecule has 166 valence electrons. The highest BCUT2D eigenvalue weighted by molar-refractivity contribution is 6.07. The summed E-state index contributed by atoms with van der Waals surface area (Å²) in [6, 6.07) is 23.8. The Morgan fingerprint density at radius 2 is 1.91 bits per heavy atom. The number of ether oxygens (including phenoxy) is 1. The fourth-order valence-corrected chi connectivity index (χ4v) is 4.22. The van der Waals surface area contributed by atoms with E-state index in [0.29, 0.717) is 18.7 Å². The van der Waals surface area contributed by atoms with E-state index in [9.17, 15) is 4.79 Å². The summed E-state index contributed by atoms with van der Waals surface area (Å²) in [6.07, 6.45) is 3.44.